The highest BCUT2D eigenvalue weighted by molar-refractivity contribution is 6.32. The number of hydrogen-bond donors (Lipinski definition) is 2. The highest BCUT2D eigenvalue weighted by atomic mass is 35.5. The van der Waals surface area contributed by atoms with Crippen LogP contribution in [0.25, 0.3) is 5.69 Å². The monoisotopic (exact) mass is 515 g/mol. The molecule has 1 fully saturated rings. The number of aryl methyl sites for hydroxylation is 1. The zero-order valence-electron chi connectivity index (χ0n) is 20.0. The Bertz CT molecular complexity index is 1290. The largest absolute Gasteiger partial charge is 0.438 e. The number of anilines is 1. The first kappa shape index (κ1) is 25.6. The Balaban J connectivity index is 1.51. The lowest BCUT2D eigenvalue weighted by molar-refractivity contribution is -0.0234. The van der Waals surface area contributed by atoms with Crippen LogP contribution in [0.2, 0.25) is 5.02 Å². The van der Waals surface area contributed by atoms with Crippen molar-refractivity contribution in [1.82, 2.24) is 20.1 Å². The van der Waals surface area contributed by atoms with Crippen molar-refractivity contribution >= 4 is 23.2 Å². The molecular weight excluding hydrogens is 489 g/mol. The Morgan fingerprint density at radius 1 is 1.31 bits per heavy atom. The van der Waals surface area contributed by atoms with Gasteiger partial charge in [0.2, 0.25) is 5.88 Å². The quantitative estimate of drug-likeness (QED) is 0.468. The molecule has 36 heavy (non-hydrogen) atoms. The molecule has 0 saturated carbocycles. The van der Waals surface area contributed by atoms with Gasteiger partial charge in [-0.3, -0.25) is 9.59 Å². The number of pyridine rings is 1. The molecule has 1 atom stereocenters. The van der Waals surface area contributed by atoms with Gasteiger partial charge in [-0.15, -0.1) is 0 Å². The fraction of sp³-hybridized carbons (Fsp3) is 0.360. The maximum Gasteiger partial charge on any atom is 0.292 e. The van der Waals surface area contributed by atoms with Crippen molar-refractivity contribution < 1.29 is 18.7 Å². The van der Waals surface area contributed by atoms with Crippen molar-refractivity contribution in [2.45, 2.75) is 31.9 Å². The molecule has 0 radical (unpaired) electrons. The fourth-order valence-corrected chi connectivity index (χ4v) is 4.01. The second-order valence-corrected chi connectivity index (χ2v) is 8.85. The Morgan fingerprint density at radius 3 is 2.81 bits per heavy atom. The summed E-state index contributed by atoms with van der Waals surface area (Å²) in [4.78, 5) is 29.3. The molecular formula is C25H27ClFN5O4. The predicted molar refractivity (Wildman–Crippen MR) is 134 cm³/mol. The summed E-state index contributed by atoms with van der Waals surface area (Å²) in [6.07, 6.45) is 4.56. The zero-order valence-corrected chi connectivity index (χ0v) is 20.8. The number of alkyl halides is 1. The summed E-state index contributed by atoms with van der Waals surface area (Å²) >= 11 is 6.27. The minimum absolute atomic E-state index is 0.00441. The van der Waals surface area contributed by atoms with E-state index in [1.54, 1.807) is 31.3 Å². The van der Waals surface area contributed by atoms with E-state index in [1.807, 2.05) is 13.0 Å². The number of amides is 1. The summed E-state index contributed by atoms with van der Waals surface area (Å²) < 4.78 is 27.0. The molecule has 3 aromatic rings. The highest BCUT2D eigenvalue weighted by Gasteiger charge is 2.32. The molecule has 1 aliphatic rings. The van der Waals surface area contributed by atoms with E-state index in [4.69, 9.17) is 21.1 Å². The van der Waals surface area contributed by atoms with E-state index in [1.165, 1.54) is 12.4 Å². The number of nitrogens with one attached hydrogen (secondary N) is 2. The van der Waals surface area contributed by atoms with Crippen LogP contribution in [0.4, 0.5) is 10.1 Å². The van der Waals surface area contributed by atoms with E-state index in [9.17, 15) is 14.0 Å². The van der Waals surface area contributed by atoms with Crippen molar-refractivity contribution in [3.63, 3.8) is 0 Å². The van der Waals surface area contributed by atoms with Gasteiger partial charge in [-0.1, -0.05) is 24.6 Å². The molecule has 4 rings (SSSR count). The van der Waals surface area contributed by atoms with Crippen LogP contribution < -0.4 is 20.9 Å². The molecule has 1 aliphatic heterocycles. The normalized spacial score (nSPS) is 17.4. The van der Waals surface area contributed by atoms with E-state index < -0.39 is 11.2 Å². The predicted octanol–water partition coefficient (Wildman–Crippen LogP) is 3.93. The van der Waals surface area contributed by atoms with Crippen LogP contribution in [0.1, 0.15) is 35.7 Å². The first-order chi connectivity index (χ1) is 17.3. The van der Waals surface area contributed by atoms with Crippen LogP contribution in [-0.2, 0) is 11.2 Å². The van der Waals surface area contributed by atoms with Crippen molar-refractivity contribution in [3.8, 4) is 17.3 Å². The number of carbonyl (C=O) groups excluding carboxylic acids is 1. The van der Waals surface area contributed by atoms with Crippen LogP contribution >= 0.6 is 11.6 Å². The van der Waals surface area contributed by atoms with E-state index >= 15 is 0 Å². The Morgan fingerprint density at radius 2 is 2.14 bits per heavy atom. The molecule has 1 saturated heterocycles. The molecule has 2 aromatic heterocycles. The number of hydrogen-bond acceptors (Lipinski definition) is 7. The average Bonchev–Trinajstić information content (AvgIpc) is 2.90. The second-order valence-electron chi connectivity index (χ2n) is 8.47. The van der Waals surface area contributed by atoms with E-state index in [0.717, 1.165) is 16.7 Å². The molecule has 1 aromatic carbocycles. The summed E-state index contributed by atoms with van der Waals surface area (Å²) in [5.74, 6) is 0.326. The van der Waals surface area contributed by atoms with E-state index in [0.29, 0.717) is 36.4 Å². The molecule has 1 amide bonds. The van der Waals surface area contributed by atoms with Crippen molar-refractivity contribution in [1.29, 1.82) is 0 Å². The minimum atomic E-state index is -1.52. The first-order valence-electron chi connectivity index (χ1n) is 11.6. The van der Waals surface area contributed by atoms with Gasteiger partial charge in [0.25, 0.3) is 11.5 Å². The van der Waals surface area contributed by atoms with Crippen molar-refractivity contribution in [2.24, 2.45) is 0 Å². The number of nitrogens with zero attached hydrogens (tertiary/aromatic N) is 3. The number of halogens is 2. The lowest BCUT2D eigenvalue weighted by atomic mass is 9.99. The number of ether oxygens (including phenoxy) is 2. The standard InChI is InChI=1S/C25H27ClFN5O4/c1-3-16-5-7-18(23(33)28-2)20(11-16)36-21-8-6-17(12-29-21)32-24(34)22(26)19(13-31-32)30-14-25(27)9-4-10-35-15-25/h5-8,11-13,30H,3-4,9-10,14-15H2,1-2H3,(H,28,33)/t25-/m0/s1. The molecule has 2 N–H and O–H groups in total. The number of benzene rings is 1. The summed E-state index contributed by atoms with van der Waals surface area (Å²) in [6, 6.07) is 8.52. The van der Waals surface area contributed by atoms with Gasteiger partial charge in [0, 0.05) is 19.7 Å². The van der Waals surface area contributed by atoms with Crippen molar-refractivity contribution in [2.75, 3.05) is 32.1 Å². The van der Waals surface area contributed by atoms with Gasteiger partial charge in [0.1, 0.15) is 10.8 Å². The van der Waals surface area contributed by atoms with Crippen LogP contribution in [0, 0.1) is 0 Å². The van der Waals surface area contributed by atoms with Crippen molar-refractivity contribution in [3.05, 3.63) is 69.2 Å². The summed E-state index contributed by atoms with van der Waals surface area (Å²) in [5, 5.41) is 9.50. The molecule has 11 heteroatoms. The lowest BCUT2D eigenvalue weighted by Crippen LogP contribution is -2.40. The van der Waals surface area contributed by atoms with Gasteiger partial charge in [-0.2, -0.15) is 9.78 Å². The molecule has 3 heterocycles. The van der Waals surface area contributed by atoms with Gasteiger partial charge in [0.15, 0.2) is 5.67 Å². The van der Waals surface area contributed by atoms with Gasteiger partial charge in [-0.25, -0.2) is 9.37 Å². The second kappa shape index (κ2) is 11.0. The summed E-state index contributed by atoms with van der Waals surface area (Å²) in [6.45, 7) is 2.50. The molecule has 190 valence electrons. The third-order valence-corrected chi connectivity index (χ3v) is 6.26. The summed E-state index contributed by atoms with van der Waals surface area (Å²) in [7, 11) is 1.55. The maximum atomic E-state index is 14.8. The Labute approximate surface area is 212 Å². The smallest absolute Gasteiger partial charge is 0.292 e. The molecule has 0 aliphatic carbocycles. The van der Waals surface area contributed by atoms with Gasteiger partial charge < -0.3 is 20.1 Å². The van der Waals surface area contributed by atoms with Crippen LogP contribution in [0.15, 0.2) is 47.5 Å². The first-order valence-corrected chi connectivity index (χ1v) is 12.0. The molecule has 9 nitrogen and oxygen atoms in total. The minimum Gasteiger partial charge on any atom is -0.438 e. The Kier molecular flexibility index (Phi) is 7.85. The topological polar surface area (TPSA) is 107 Å². The van der Waals surface area contributed by atoms with Gasteiger partial charge >= 0.3 is 0 Å². The van der Waals surface area contributed by atoms with E-state index in [-0.39, 0.29) is 35.6 Å². The van der Waals surface area contributed by atoms with Crippen LogP contribution in [0.3, 0.4) is 0 Å². The third-order valence-electron chi connectivity index (χ3n) is 5.89. The van der Waals surface area contributed by atoms with E-state index in [2.05, 4.69) is 20.7 Å². The fourth-order valence-electron chi connectivity index (χ4n) is 3.82. The maximum absolute atomic E-state index is 14.8. The zero-order chi connectivity index (χ0) is 25.7. The Hall–Kier alpha value is -3.50. The van der Waals surface area contributed by atoms with Gasteiger partial charge in [-0.05, 0) is 43.0 Å². The lowest BCUT2D eigenvalue weighted by Gasteiger charge is -2.29. The number of carbonyl (C=O) groups is 1. The number of rotatable bonds is 8. The molecule has 0 unspecified atom stereocenters. The highest BCUT2D eigenvalue weighted by Crippen LogP contribution is 2.27. The average molecular weight is 516 g/mol. The number of aromatic nitrogens is 3. The third kappa shape index (κ3) is 5.66. The van der Waals surface area contributed by atoms with Crippen LogP contribution in [-0.4, -0.2) is 53.1 Å². The molecule has 0 spiro atoms. The SMILES string of the molecule is CCc1ccc(C(=O)NC)c(Oc2ccc(-n3ncc(NC[C@@]4(F)CCCOC4)c(Cl)c3=O)cn2)c1. The summed E-state index contributed by atoms with van der Waals surface area (Å²) in [5.41, 5.74) is -0.123. The van der Waals surface area contributed by atoms with Gasteiger partial charge in [0.05, 0.1) is 42.5 Å². The molecule has 0 bridgehead atoms. The van der Waals surface area contributed by atoms with Crippen LogP contribution in [0.5, 0.6) is 11.6 Å².